The van der Waals surface area contributed by atoms with Gasteiger partial charge in [0.1, 0.15) is 0 Å². The van der Waals surface area contributed by atoms with Gasteiger partial charge in [-0.3, -0.25) is 4.79 Å². The Labute approximate surface area is 152 Å². The molecule has 3 heteroatoms. The molecule has 0 spiro atoms. The Kier molecular flexibility index (Phi) is 18.3. The molecule has 0 aliphatic rings. The highest BCUT2D eigenvalue weighted by Gasteiger charge is 1.99. The van der Waals surface area contributed by atoms with Gasteiger partial charge in [-0.2, -0.15) is 0 Å². The molecular weight excluding hydrogens is 320 g/mol. The maximum Gasteiger partial charge on any atom is 0.306 e. The van der Waals surface area contributed by atoms with Crippen molar-refractivity contribution in [2.45, 2.75) is 58.3 Å². The molecule has 0 atom stereocenters. The fraction of sp³-hybridized carbons (Fsp3) is 0.476. The van der Waals surface area contributed by atoms with Crippen LogP contribution >= 0.6 is 11.6 Å². The van der Waals surface area contributed by atoms with Crippen molar-refractivity contribution in [3.8, 4) is 0 Å². The number of hydrogen-bond donors (Lipinski definition) is 0. The van der Waals surface area contributed by atoms with E-state index in [1.807, 2.05) is 0 Å². The van der Waals surface area contributed by atoms with Crippen LogP contribution in [-0.2, 0) is 9.53 Å². The minimum atomic E-state index is -0.225. The summed E-state index contributed by atoms with van der Waals surface area (Å²) < 4.78 is 4.65. The second kappa shape index (κ2) is 19.5. The smallest absolute Gasteiger partial charge is 0.306 e. The molecule has 2 nitrogen and oxygen atoms in total. The molecule has 134 valence electrons. The van der Waals surface area contributed by atoms with Crippen molar-refractivity contribution in [3.05, 3.63) is 60.8 Å². The third kappa shape index (κ3) is 18.5. The van der Waals surface area contributed by atoms with Gasteiger partial charge < -0.3 is 4.74 Å². The first-order chi connectivity index (χ1) is 11.8. The van der Waals surface area contributed by atoms with E-state index in [1.54, 1.807) is 0 Å². The van der Waals surface area contributed by atoms with Crippen molar-refractivity contribution in [2.24, 2.45) is 0 Å². The first-order valence-corrected chi connectivity index (χ1v) is 9.31. The largest absolute Gasteiger partial charge is 0.449 e. The second-order valence-corrected chi connectivity index (χ2v) is 5.44. The fourth-order valence-corrected chi connectivity index (χ4v) is 1.99. The zero-order valence-electron chi connectivity index (χ0n) is 14.8. The summed E-state index contributed by atoms with van der Waals surface area (Å²) >= 11 is 5.30. The molecule has 0 fully saturated rings. The number of rotatable bonds is 14. The normalized spacial score (nSPS) is 12.6. The van der Waals surface area contributed by atoms with Crippen LogP contribution in [0.3, 0.4) is 0 Å². The van der Waals surface area contributed by atoms with Crippen LogP contribution in [0.25, 0.3) is 0 Å². The molecule has 0 heterocycles. The lowest BCUT2D eigenvalue weighted by Crippen LogP contribution is -2.01. The number of carbonyl (C=O) groups is 1. The summed E-state index contributed by atoms with van der Waals surface area (Å²) in [7, 11) is 0. The van der Waals surface area contributed by atoms with Crippen LogP contribution in [0.4, 0.5) is 0 Å². The highest BCUT2D eigenvalue weighted by atomic mass is 35.5. The molecule has 0 saturated carbocycles. The third-order valence-electron chi connectivity index (χ3n) is 3.12. The van der Waals surface area contributed by atoms with E-state index in [2.05, 4.69) is 72.4 Å². The molecule has 0 unspecified atom stereocenters. The van der Waals surface area contributed by atoms with E-state index in [1.165, 1.54) is 0 Å². The van der Waals surface area contributed by atoms with E-state index in [4.69, 9.17) is 11.6 Å². The molecule has 0 aromatic carbocycles. The molecule has 0 amide bonds. The minimum Gasteiger partial charge on any atom is -0.449 e. The van der Waals surface area contributed by atoms with Crippen molar-refractivity contribution in [3.63, 3.8) is 0 Å². The fourth-order valence-electron chi connectivity index (χ4n) is 1.87. The Morgan fingerprint density at radius 3 is 1.71 bits per heavy atom. The quantitative estimate of drug-likeness (QED) is 0.152. The van der Waals surface area contributed by atoms with E-state index in [-0.39, 0.29) is 12.0 Å². The van der Waals surface area contributed by atoms with E-state index < -0.39 is 0 Å². The number of unbranched alkanes of at least 4 members (excludes halogenated alkanes) is 1. The zero-order chi connectivity index (χ0) is 17.7. The molecule has 24 heavy (non-hydrogen) atoms. The standard InChI is InChI=1S/C21H31ClO2/c1-2-3-4-5-6-7-8-9-10-11-12-13-14-15-16-17-18-19-21(23)24-20-22/h3-4,6-7,9-10,12-13,15-16H,2,5,8,11,14,17-20H2,1H3/b4-3-,7-6-,10-9-,13-12-,16-15-. The molecule has 0 aliphatic carbocycles. The Morgan fingerprint density at radius 1 is 0.792 bits per heavy atom. The van der Waals surface area contributed by atoms with E-state index in [9.17, 15) is 4.79 Å². The van der Waals surface area contributed by atoms with Gasteiger partial charge in [-0.05, 0) is 44.9 Å². The Hall–Kier alpha value is -1.54. The molecule has 0 radical (unpaired) electrons. The highest BCUT2D eigenvalue weighted by molar-refractivity contribution is 6.17. The zero-order valence-corrected chi connectivity index (χ0v) is 15.6. The molecule has 0 aromatic heterocycles. The van der Waals surface area contributed by atoms with Gasteiger partial charge in [0, 0.05) is 6.42 Å². The molecule has 0 saturated heterocycles. The number of halogens is 1. The minimum absolute atomic E-state index is 0.0551. The van der Waals surface area contributed by atoms with Gasteiger partial charge in [-0.25, -0.2) is 0 Å². The van der Waals surface area contributed by atoms with Gasteiger partial charge in [-0.15, -0.1) is 0 Å². The predicted molar refractivity (Wildman–Crippen MR) is 105 cm³/mol. The van der Waals surface area contributed by atoms with Crippen molar-refractivity contribution in [1.82, 2.24) is 0 Å². The van der Waals surface area contributed by atoms with Crippen molar-refractivity contribution in [1.29, 1.82) is 0 Å². The van der Waals surface area contributed by atoms with Gasteiger partial charge in [0.2, 0.25) is 0 Å². The molecule has 0 rings (SSSR count). The maximum absolute atomic E-state index is 11.0. The first kappa shape index (κ1) is 22.5. The molecular formula is C21H31ClO2. The van der Waals surface area contributed by atoms with Crippen LogP contribution < -0.4 is 0 Å². The number of carbonyl (C=O) groups excluding carboxylic acids is 1. The van der Waals surface area contributed by atoms with Gasteiger partial charge >= 0.3 is 5.97 Å². The van der Waals surface area contributed by atoms with E-state index in [0.717, 1.165) is 44.9 Å². The van der Waals surface area contributed by atoms with E-state index in [0.29, 0.717) is 6.42 Å². The van der Waals surface area contributed by atoms with Crippen LogP contribution in [0.2, 0.25) is 0 Å². The van der Waals surface area contributed by atoms with Crippen molar-refractivity contribution >= 4 is 17.6 Å². The van der Waals surface area contributed by atoms with Crippen molar-refractivity contribution < 1.29 is 9.53 Å². The van der Waals surface area contributed by atoms with Crippen molar-refractivity contribution in [2.75, 3.05) is 6.07 Å². The van der Waals surface area contributed by atoms with Gasteiger partial charge in [-0.1, -0.05) is 79.3 Å². The van der Waals surface area contributed by atoms with Crippen LogP contribution in [0.1, 0.15) is 58.3 Å². The van der Waals surface area contributed by atoms with Crippen LogP contribution in [-0.4, -0.2) is 12.0 Å². The molecule has 0 N–H and O–H groups in total. The summed E-state index contributed by atoms with van der Waals surface area (Å²) in [6.45, 7) is 2.15. The number of alkyl halides is 1. The lowest BCUT2D eigenvalue weighted by molar-refractivity contribution is -0.141. The number of esters is 1. The Balaban J connectivity index is 3.48. The predicted octanol–water partition coefficient (Wildman–Crippen LogP) is 6.65. The second-order valence-electron chi connectivity index (χ2n) is 5.23. The monoisotopic (exact) mass is 350 g/mol. The lowest BCUT2D eigenvalue weighted by atomic mass is 10.2. The lowest BCUT2D eigenvalue weighted by Gasteiger charge is -1.97. The Morgan fingerprint density at radius 2 is 1.25 bits per heavy atom. The number of ether oxygens (including phenoxy) is 1. The van der Waals surface area contributed by atoms with Crippen LogP contribution in [0.15, 0.2) is 60.8 Å². The van der Waals surface area contributed by atoms with Crippen LogP contribution in [0.5, 0.6) is 0 Å². The summed E-state index contributed by atoms with van der Waals surface area (Å²) in [5.74, 6) is -0.225. The third-order valence-corrected chi connectivity index (χ3v) is 3.23. The topological polar surface area (TPSA) is 26.3 Å². The Bertz CT molecular complexity index is 431. The average Bonchev–Trinajstić information content (AvgIpc) is 2.58. The number of allylic oxidation sites excluding steroid dienone is 10. The van der Waals surface area contributed by atoms with Gasteiger partial charge in [0.25, 0.3) is 0 Å². The first-order valence-electron chi connectivity index (χ1n) is 8.77. The average molecular weight is 351 g/mol. The van der Waals surface area contributed by atoms with E-state index >= 15 is 0 Å². The summed E-state index contributed by atoms with van der Waals surface area (Å²) in [6.07, 6.45) is 28.9. The summed E-state index contributed by atoms with van der Waals surface area (Å²) in [5.41, 5.74) is 0. The number of hydrogen-bond acceptors (Lipinski definition) is 2. The molecule has 0 aromatic rings. The SMILES string of the molecule is CC/C=C\C/C=C\C/C=C\C/C=C\C/C=C\CCCC(=O)OCCl. The van der Waals surface area contributed by atoms with Crippen LogP contribution in [0, 0.1) is 0 Å². The molecule has 0 aliphatic heterocycles. The summed E-state index contributed by atoms with van der Waals surface area (Å²) in [6, 6.07) is -0.0551. The maximum atomic E-state index is 11.0. The highest BCUT2D eigenvalue weighted by Crippen LogP contribution is 2.01. The summed E-state index contributed by atoms with van der Waals surface area (Å²) in [4.78, 5) is 11.0. The summed E-state index contributed by atoms with van der Waals surface area (Å²) in [5, 5.41) is 0. The molecule has 0 bridgehead atoms. The van der Waals surface area contributed by atoms with Gasteiger partial charge in [0.05, 0.1) is 0 Å². The van der Waals surface area contributed by atoms with Gasteiger partial charge in [0.15, 0.2) is 6.07 Å².